The van der Waals surface area contributed by atoms with Crippen molar-refractivity contribution in [1.29, 1.82) is 0 Å². The average molecular weight is 255 g/mol. The summed E-state index contributed by atoms with van der Waals surface area (Å²) < 4.78 is 0. The van der Waals surface area contributed by atoms with Crippen molar-refractivity contribution < 1.29 is 0 Å². The molecule has 0 rings (SSSR count). The van der Waals surface area contributed by atoms with Crippen LogP contribution in [0.15, 0.2) is 0 Å². The van der Waals surface area contributed by atoms with Crippen molar-refractivity contribution in [3.63, 3.8) is 0 Å². The molecular weight excluding hydrogens is 216 g/mol. The quantitative estimate of drug-likeness (QED) is 0.311. The molecule has 0 heteroatoms. The van der Waals surface area contributed by atoms with Crippen molar-refractivity contribution >= 4 is 0 Å². The Balaban J connectivity index is 3.07. The van der Waals surface area contributed by atoms with E-state index in [1.54, 1.807) is 0 Å². The SMILES string of the molecule is CCCCCCCCCCCCC(C)CC(C)C. The van der Waals surface area contributed by atoms with Gasteiger partial charge in [-0.25, -0.2) is 0 Å². The summed E-state index contributed by atoms with van der Waals surface area (Å²) >= 11 is 0. The largest absolute Gasteiger partial charge is 0.0654 e. The molecule has 1 unspecified atom stereocenters. The summed E-state index contributed by atoms with van der Waals surface area (Å²) in [4.78, 5) is 0. The number of hydrogen-bond acceptors (Lipinski definition) is 0. The van der Waals surface area contributed by atoms with E-state index < -0.39 is 0 Å². The summed E-state index contributed by atoms with van der Waals surface area (Å²) in [6.45, 7) is 9.40. The highest BCUT2D eigenvalue weighted by Gasteiger charge is 2.04. The van der Waals surface area contributed by atoms with E-state index in [0.717, 1.165) is 11.8 Å². The van der Waals surface area contributed by atoms with Gasteiger partial charge < -0.3 is 0 Å². The van der Waals surface area contributed by atoms with E-state index in [9.17, 15) is 0 Å². The first-order valence-corrected chi connectivity index (χ1v) is 8.66. The van der Waals surface area contributed by atoms with Gasteiger partial charge in [-0.05, 0) is 18.3 Å². The van der Waals surface area contributed by atoms with E-state index in [4.69, 9.17) is 0 Å². The van der Waals surface area contributed by atoms with E-state index in [2.05, 4.69) is 27.7 Å². The molecular formula is C18H38. The number of rotatable bonds is 13. The second-order valence-corrected chi connectivity index (χ2v) is 6.71. The molecule has 0 N–H and O–H groups in total. The van der Waals surface area contributed by atoms with Gasteiger partial charge in [0.2, 0.25) is 0 Å². The molecule has 0 saturated heterocycles. The van der Waals surface area contributed by atoms with Gasteiger partial charge >= 0.3 is 0 Å². The minimum atomic E-state index is 0.878. The first-order chi connectivity index (χ1) is 8.66. The van der Waals surface area contributed by atoms with E-state index >= 15 is 0 Å². The van der Waals surface area contributed by atoms with Gasteiger partial charge in [0.15, 0.2) is 0 Å². The summed E-state index contributed by atoms with van der Waals surface area (Å²) in [5.74, 6) is 1.82. The van der Waals surface area contributed by atoms with Crippen molar-refractivity contribution in [3.05, 3.63) is 0 Å². The lowest BCUT2D eigenvalue weighted by Gasteiger charge is -2.13. The summed E-state index contributed by atoms with van der Waals surface area (Å²) in [6.07, 6.45) is 17.4. The second-order valence-electron chi connectivity index (χ2n) is 6.71. The minimum Gasteiger partial charge on any atom is -0.0654 e. The number of hydrogen-bond donors (Lipinski definition) is 0. The Bertz CT molecular complexity index is 148. The third kappa shape index (κ3) is 14.1. The topological polar surface area (TPSA) is 0 Å². The van der Waals surface area contributed by atoms with Gasteiger partial charge in [0.1, 0.15) is 0 Å². The molecule has 0 radical (unpaired) electrons. The molecule has 0 aromatic heterocycles. The highest BCUT2D eigenvalue weighted by Crippen LogP contribution is 2.18. The van der Waals surface area contributed by atoms with Gasteiger partial charge in [0.25, 0.3) is 0 Å². The maximum absolute atomic E-state index is 2.42. The fourth-order valence-corrected chi connectivity index (χ4v) is 2.90. The second kappa shape index (κ2) is 13.4. The molecule has 0 nitrogen and oxygen atoms in total. The van der Waals surface area contributed by atoms with Crippen LogP contribution in [0.25, 0.3) is 0 Å². The summed E-state index contributed by atoms with van der Waals surface area (Å²) in [5.41, 5.74) is 0. The van der Waals surface area contributed by atoms with Crippen molar-refractivity contribution in [1.82, 2.24) is 0 Å². The Kier molecular flexibility index (Phi) is 13.4. The predicted octanol–water partition coefficient (Wildman–Crippen LogP) is 6.98. The van der Waals surface area contributed by atoms with Gasteiger partial charge in [-0.1, -0.05) is 98.3 Å². The van der Waals surface area contributed by atoms with E-state index in [0.29, 0.717) is 0 Å². The lowest BCUT2D eigenvalue weighted by Crippen LogP contribution is -1.99. The van der Waals surface area contributed by atoms with E-state index in [1.165, 1.54) is 77.0 Å². The van der Waals surface area contributed by atoms with Crippen LogP contribution in [0, 0.1) is 11.8 Å². The molecule has 1 atom stereocenters. The summed E-state index contributed by atoms with van der Waals surface area (Å²) in [5, 5.41) is 0. The third-order valence-corrected chi connectivity index (χ3v) is 3.92. The molecule has 18 heavy (non-hydrogen) atoms. The Morgan fingerprint density at radius 2 is 1.06 bits per heavy atom. The van der Waals surface area contributed by atoms with Gasteiger partial charge in [-0.2, -0.15) is 0 Å². The Morgan fingerprint density at radius 1 is 0.611 bits per heavy atom. The van der Waals surface area contributed by atoms with Crippen LogP contribution in [0.4, 0.5) is 0 Å². The number of unbranched alkanes of at least 4 members (excludes halogenated alkanes) is 9. The van der Waals surface area contributed by atoms with Crippen molar-refractivity contribution in [2.45, 2.75) is 105 Å². The predicted molar refractivity (Wildman–Crippen MR) is 85.1 cm³/mol. The first kappa shape index (κ1) is 18.0. The molecule has 0 aliphatic carbocycles. The van der Waals surface area contributed by atoms with Crippen LogP contribution in [-0.4, -0.2) is 0 Å². The van der Waals surface area contributed by atoms with Crippen molar-refractivity contribution in [2.75, 3.05) is 0 Å². The third-order valence-electron chi connectivity index (χ3n) is 3.92. The maximum atomic E-state index is 2.42. The van der Waals surface area contributed by atoms with Gasteiger partial charge in [0, 0.05) is 0 Å². The summed E-state index contributed by atoms with van der Waals surface area (Å²) in [7, 11) is 0. The fourth-order valence-electron chi connectivity index (χ4n) is 2.90. The molecule has 0 aromatic carbocycles. The highest BCUT2D eigenvalue weighted by atomic mass is 14.1. The lowest BCUT2D eigenvalue weighted by atomic mass is 9.93. The average Bonchev–Trinajstić information content (AvgIpc) is 2.30. The monoisotopic (exact) mass is 254 g/mol. The van der Waals surface area contributed by atoms with E-state index in [1.807, 2.05) is 0 Å². The minimum absolute atomic E-state index is 0.878. The molecule has 0 aliphatic rings. The molecule has 0 spiro atoms. The van der Waals surface area contributed by atoms with Crippen LogP contribution < -0.4 is 0 Å². The highest BCUT2D eigenvalue weighted by molar-refractivity contribution is 4.57. The molecule has 0 bridgehead atoms. The van der Waals surface area contributed by atoms with Crippen LogP contribution in [0.5, 0.6) is 0 Å². The standard InChI is InChI=1S/C18H38/c1-5-6-7-8-9-10-11-12-13-14-15-18(4)16-17(2)3/h17-18H,5-16H2,1-4H3. The van der Waals surface area contributed by atoms with Crippen molar-refractivity contribution in [3.8, 4) is 0 Å². The Labute approximate surface area is 117 Å². The smallest absolute Gasteiger partial charge is 0.0440 e. The molecule has 0 aromatic rings. The molecule has 0 amide bonds. The summed E-state index contributed by atoms with van der Waals surface area (Å²) in [6, 6.07) is 0. The van der Waals surface area contributed by atoms with Gasteiger partial charge in [-0.3, -0.25) is 0 Å². The molecule has 0 fully saturated rings. The van der Waals surface area contributed by atoms with E-state index in [-0.39, 0.29) is 0 Å². The lowest BCUT2D eigenvalue weighted by molar-refractivity contribution is 0.397. The van der Waals surface area contributed by atoms with Gasteiger partial charge in [-0.15, -0.1) is 0 Å². The Hall–Kier alpha value is 0. The molecule has 0 saturated carbocycles. The molecule has 0 heterocycles. The van der Waals surface area contributed by atoms with Crippen LogP contribution in [0.2, 0.25) is 0 Å². The zero-order valence-electron chi connectivity index (χ0n) is 13.6. The van der Waals surface area contributed by atoms with Gasteiger partial charge in [0.05, 0.1) is 0 Å². The fraction of sp³-hybridized carbons (Fsp3) is 1.00. The van der Waals surface area contributed by atoms with Crippen LogP contribution >= 0.6 is 0 Å². The first-order valence-electron chi connectivity index (χ1n) is 8.66. The molecule has 110 valence electrons. The molecule has 0 aliphatic heterocycles. The normalized spacial score (nSPS) is 13.2. The maximum Gasteiger partial charge on any atom is -0.0440 e. The Morgan fingerprint density at radius 3 is 1.50 bits per heavy atom. The van der Waals surface area contributed by atoms with Crippen LogP contribution in [-0.2, 0) is 0 Å². The van der Waals surface area contributed by atoms with Crippen molar-refractivity contribution in [2.24, 2.45) is 11.8 Å². The van der Waals surface area contributed by atoms with Crippen LogP contribution in [0.3, 0.4) is 0 Å². The van der Waals surface area contributed by atoms with Crippen LogP contribution in [0.1, 0.15) is 105 Å². The zero-order chi connectivity index (χ0) is 13.6. The zero-order valence-corrected chi connectivity index (χ0v) is 13.6.